The maximum atomic E-state index is 12.2. The Bertz CT molecular complexity index is 733. The zero-order valence-electron chi connectivity index (χ0n) is 13.0. The van der Waals surface area contributed by atoms with E-state index in [2.05, 4.69) is 4.90 Å². The molecule has 1 saturated heterocycles. The molecule has 0 saturated carbocycles. The standard InChI is InChI=1S/C17H17N3O3S/c21-17(8-7-16-2-1-13-24-16)19-11-9-18(10-12-19)14-3-5-15(6-4-14)20(22)23/h1-8,13H,9-12H2/b8-7-. The van der Waals surface area contributed by atoms with Crippen molar-refractivity contribution in [2.24, 2.45) is 0 Å². The monoisotopic (exact) mass is 343 g/mol. The number of non-ortho nitro benzene ring substituents is 1. The molecule has 0 unspecified atom stereocenters. The molecule has 1 amide bonds. The van der Waals surface area contributed by atoms with Crippen LogP contribution >= 0.6 is 11.3 Å². The first kappa shape index (κ1) is 16.2. The second kappa shape index (κ2) is 7.27. The van der Waals surface area contributed by atoms with Gasteiger partial charge in [-0.25, -0.2) is 0 Å². The van der Waals surface area contributed by atoms with Crippen molar-refractivity contribution in [2.45, 2.75) is 0 Å². The number of benzene rings is 1. The number of hydrogen-bond donors (Lipinski definition) is 0. The summed E-state index contributed by atoms with van der Waals surface area (Å²) in [5.74, 6) is 0.0201. The molecule has 0 bridgehead atoms. The van der Waals surface area contributed by atoms with Gasteiger partial charge in [-0.1, -0.05) is 6.07 Å². The average Bonchev–Trinajstić information content (AvgIpc) is 3.13. The van der Waals surface area contributed by atoms with Crippen molar-refractivity contribution in [3.63, 3.8) is 0 Å². The molecule has 1 aliphatic rings. The van der Waals surface area contributed by atoms with E-state index in [0.29, 0.717) is 13.1 Å². The van der Waals surface area contributed by atoms with E-state index < -0.39 is 4.92 Å². The van der Waals surface area contributed by atoms with E-state index >= 15 is 0 Å². The maximum Gasteiger partial charge on any atom is 0.269 e. The predicted molar refractivity (Wildman–Crippen MR) is 95.2 cm³/mol. The maximum absolute atomic E-state index is 12.2. The minimum Gasteiger partial charge on any atom is -0.368 e. The number of nitrogens with zero attached hydrogens (tertiary/aromatic N) is 3. The van der Waals surface area contributed by atoms with Crippen molar-refractivity contribution in [1.82, 2.24) is 4.90 Å². The topological polar surface area (TPSA) is 66.7 Å². The van der Waals surface area contributed by atoms with Crippen LogP contribution in [0.1, 0.15) is 4.88 Å². The molecule has 0 radical (unpaired) electrons. The lowest BCUT2D eigenvalue weighted by Gasteiger charge is -2.35. The first-order valence-electron chi connectivity index (χ1n) is 7.63. The van der Waals surface area contributed by atoms with E-state index in [1.807, 2.05) is 28.5 Å². The van der Waals surface area contributed by atoms with Crippen LogP contribution in [0.5, 0.6) is 0 Å². The number of nitro benzene ring substituents is 1. The molecule has 6 nitrogen and oxygen atoms in total. The lowest BCUT2D eigenvalue weighted by molar-refractivity contribution is -0.384. The van der Waals surface area contributed by atoms with Gasteiger partial charge in [0.15, 0.2) is 0 Å². The Morgan fingerprint density at radius 1 is 1.12 bits per heavy atom. The fraction of sp³-hybridized carbons (Fsp3) is 0.235. The van der Waals surface area contributed by atoms with Gasteiger partial charge in [0.1, 0.15) is 0 Å². The Morgan fingerprint density at radius 3 is 2.42 bits per heavy atom. The van der Waals surface area contributed by atoms with Crippen LogP contribution in [-0.2, 0) is 4.79 Å². The first-order valence-corrected chi connectivity index (χ1v) is 8.51. The third-order valence-electron chi connectivity index (χ3n) is 3.95. The molecule has 2 aromatic rings. The second-order valence-electron chi connectivity index (χ2n) is 5.43. The van der Waals surface area contributed by atoms with Crippen LogP contribution < -0.4 is 4.90 Å². The molecule has 0 N–H and O–H groups in total. The smallest absolute Gasteiger partial charge is 0.269 e. The molecule has 0 aliphatic carbocycles. The van der Waals surface area contributed by atoms with E-state index in [-0.39, 0.29) is 11.6 Å². The summed E-state index contributed by atoms with van der Waals surface area (Å²) in [6.07, 6.45) is 3.46. The molecule has 2 heterocycles. The summed E-state index contributed by atoms with van der Waals surface area (Å²) in [6, 6.07) is 10.5. The van der Waals surface area contributed by atoms with Crippen LogP contribution in [0.3, 0.4) is 0 Å². The molecular formula is C17H17N3O3S. The van der Waals surface area contributed by atoms with Gasteiger partial charge >= 0.3 is 0 Å². The highest BCUT2D eigenvalue weighted by Gasteiger charge is 2.20. The van der Waals surface area contributed by atoms with Gasteiger partial charge in [0.2, 0.25) is 5.91 Å². The lowest BCUT2D eigenvalue weighted by Crippen LogP contribution is -2.48. The van der Waals surface area contributed by atoms with Gasteiger partial charge < -0.3 is 9.80 Å². The van der Waals surface area contributed by atoms with Crippen molar-refractivity contribution in [3.8, 4) is 0 Å². The van der Waals surface area contributed by atoms with Crippen LogP contribution in [0, 0.1) is 10.1 Å². The van der Waals surface area contributed by atoms with Crippen LogP contribution in [0.25, 0.3) is 6.08 Å². The van der Waals surface area contributed by atoms with Gasteiger partial charge in [0, 0.05) is 55.0 Å². The van der Waals surface area contributed by atoms with Crippen LogP contribution in [0.4, 0.5) is 11.4 Å². The molecule has 24 heavy (non-hydrogen) atoms. The SMILES string of the molecule is O=C(/C=C\c1cccs1)N1CCN(c2ccc([N+](=O)[O-])cc2)CC1. The van der Waals surface area contributed by atoms with Gasteiger partial charge in [-0.2, -0.15) is 0 Å². The third-order valence-corrected chi connectivity index (χ3v) is 4.79. The van der Waals surface area contributed by atoms with Crippen LogP contribution in [-0.4, -0.2) is 41.9 Å². The number of carbonyl (C=O) groups is 1. The molecule has 124 valence electrons. The number of thiophene rings is 1. The molecule has 1 fully saturated rings. The second-order valence-corrected chi connectivity index (χ2v) is 6.41. The molecule has 0 spiro atoms. The van der Waals surface area contributed by atoms with Crippen LogP contribution in [0.15, 0.2) is 47.9 Å². The van der Waals surface area contributed by atoms with Gasteiger partial charge in [-0.3, -0.25) is 14.9 Å². The van der Waals surface area contributed by atoms with Gasteiger partial charge in [-0.05, 0) is 29.7 Å². The molecule has 1 aliphatic heterocycles. The first-order chi connectivity index (χ1) is 11.6. The Morgan fingerprint density at radius 2 is 1.83 bits per heavy atom. The molecule has 3 rings (SSSR count). The fourth-order valence-electron chi connectivity index (χ4n) is 2.62. The van der Waals surface area contributed by atoms with Crippen molar-refractivity contribution < 1.29 is 9.72 Å². The Hall–Kier alpha value is -2.67. The summed E-state index contributed by atoms with van der Waals surface area (Å²) in [4.78, 5) is 27.5. The third kappa shape index (κ3) is 3.80. The van der Waals surface area contributed by atoms with Gasteiger partial charge in [0.25, 0.3) is 5.69 Å². The number of piperazine rings is 1. The minimum absolute atomic E-state index is 0.0201. The molecular weight excluding hydrogens is 326 g/mol. The highest BCUT2D eigenvalue weighted by Crippen LogP contribution is 2.20. The molecule has 0 atom stereocenters. The number of anilines is 1. The van der Waals surface area contributed by atoms with Crippen molar-refractivity contribution in [2.75, 3.05) is 31.1 Å². The van der Waals surface area contributed by atoms with Gasteiger partial charge in [-0.15, -0.1) is 11.3 Å². The number of rotatable bonds is 4. The van der Waals surface area contributed by atoms with E-state index in [9.17, 15) is 14.9 Å². The summed E-state index contributed by atoms with van der Waals surface area (Å²) in [6.45, 7) is 2.72. The average molecular weight is 343 g/mol. The lowest BCUT2D eigenvalue weighted by atomic mass is 10.2. The molecule has 1 aromatic carbocycles. The van der Waals surface area contributed by atoms with Crippen molar-refractivity contribution in [3.05, 3.63) is 62.8 Å². The molecule has 7 heteroatoms. The zero-order chi connectivity index (χ0) is 16.9. The number of amides is 1. The Labute approximate surface area is 143 Å². The number of carbonyl (C=O) groups excluding carboxylic acids is 1. The zero-order valence-corrected chi connectivity index (χ0v) is 13.8. The predicted octanol–water partition coefficient (Wildman–Crippen LogP) is 3.02. The highest BCUT2D eigenvalue weighted by atomic mass is 32.1. The minimum atomic E-state index is -0.402. The molecule has 1 aromatic heterocycles. The quantitative estimate of drug-likeness (QED) is 0.486. The normalized spacial score (nSPS) is 15.0. The fourth-order valence-corrected chi connectivity index (χ4v) is 3.23. The van der Waals surface area contributed by atoms with Gasteiger partial charge in [0.05, 0.1) is 4.92 Å². The number of hydrogen-bond acceptors (Lipinski definition) is 5. The van der Waals surface area contributed by atoms with E-state index in [1.54, 1.807) is 29.5 Å². The van der Waals surface area contributed by atoms with E-state index in [0.717, 1.165) is 23.7 Å². The Balaban J connectivity index is 1.55. The van der Waals surface area contributed by atoms with E-state index in [4.69, 9.17) is 0 Å². The summed E-state index contributed by atoms with van der Waals surface area (Å²) < 4.78 is 0. The Kier molecular flexibility index (Phi) is 4.90. The summed E-state index contributed by atoms with van der Waals surface area (Å²) in [5.41, 5.74) is 1.04. The largest absolute Gasteiger partial charge is 0.368 e. The summed E-state index contributed by atoms with van der Waals surface area (Å²) in [5, 5.41) is 12.7. The summed E-state index contributed by atoms with van der Waals surface area (Å²) in [7, 11) is 0. The van der Waals surface area contributed by atoms with E-state index in [1.165, 1.54) is 12.1 Å². The van der Waals surface area contributed by atoms with Crippen LogP contribution in [0.2, 0.25) is 0 Å². The highest BCUT2D eigenvalue weighted by molar-refractivity contribution is 7.10. The number of nitro groups is 1. The van der Waals surface area contributed by atoms with Crippen molar-refractivity contribution in [1.29, 1.82) is 0 Å². The van der Waals surface area contributed by atoms with Crippen molar-refractivity contribution >= 4 is 34.7 Å². The summed E-state index contributed by atoms with van der Waals surface area (Å²) >= 11 is 1.60.